The van der Waals surface area contributed by atoms with E-state index in [1.807, 2.05) is 6.92 Å². The maximum absolute atomic E-state index is 14.2. The Hall–Kier alpha value is -1.70. The smallest absolute Gasteiger partial charge is 0.302 e. The Morgan fingerprint density at radius 2 is 2.03 bits per heavy atom. The summed E-state index contributed by atoms with van der Waals surface area (Å²) < 4.78 is 43.6. The lowest BCUT2D eigenvalue weighted by atomic mass is 10.2. The number of aromatic nitrogens is 2. The van der Waals surface area contributed by atoms with Crippen molar-refractivity contribution in [3.05, 3.63) is 40.7 Å². The summed E-state index contributed by atoms with van der Waals surface area (Å²) >= 11 is 6.99. The number of aliphatic hydroxyl groups excluding tert-OH is 1. The highest BCUT2D eigenvalue weighted by Gasteiger charge is 2.24. The summed E-state index contributed by atoms with van der Waals surface area (Å²) in [5, 5.41) is 16.0. The second kappa shape index (κ2) is 11.4. The van der Waals surface area contributed by atoms with Gasteiger partial charge in [0.05, 0.1) is 17.7 Å². The summed E-state index contributed by atoms with van der Waals surface area (Å²) in [5.41, 5.74) is 0.384. The molecule has 9 nitrogen and oxygen atoms in total. The van der Waals surface area contributed by atoms with Gasteiger partial charge in [0.25, 0.3) is 0 Å². The monoisotopic (exact) mass is 504 g/mol. The number of aliphatic hydroxyl groups is 1. The molecule has 176 valence electrons. The van der Waals surface area contributed by atoms with Crippen LogP contribution in [0.5, 0.6) is 0 Å². The van der Waals surface area contributed by atoms with Crippen LogP contribution in [0.15, 0.2) is 29.4 Å². The predicted molar refractivity (Wildman–Crippen MR) is 125 cm³/mol. The van der Waals surface area contributed by atoms with Gasteiger partial charge in [0.2, 0.25) is 0 Å². The fourth-order valence-electron chi connectivity index (χ4n) is 2.99. The molecule has 0 radical (unpaired) electrons. The third-order valence-electron chi connectivity index (χ3n) is 4.81. The molecule has 1 fully saturated rings. The first-order valence-corrected chi connectivity index (χ1v) is 12.9. The Labute approximate surface area is 196 Å². The quantitative estimate of drug-likeness (QED) is 0.287. The van der Waals surface area contributed by atoms with Gasteiger partial charge >= 0.3 is 10.2 Å². The first kappa shape index (κ1) is 24.9. The summed E-state index contributed by atoms with van der Waals surface area (Å²) in [6.45, 7) is 3.63. The van der Waals surface area contributed by atoms with Gasteiger partial charge in [-0.05, 0) is 18.1 Å². The van der Waals surface area contributed by atoms with Crippen LogP contribution in [0.3, 0.4) is 0 Å². The number of benzene rings is 1. The van der Waals surface area contributed by atoms with Gasteiger partial charge in [-0.2, -0.15) is 12.7 Å². The normalized spacial score (nSPS) is 16.0. The maximum Gasteiger partial charge on any atom is 0.302 e. The third-order valence-corrected chi connectivity index (χ3v) is 7.51. The van der Waals surface area contributed by atoms with Gasteiger partial charge in [-0.3, -0.25) is 4.72 Å². The fraction of sp³-hybridized carbons (Fsp3) is 0.474. The highest BCUT2D eigenvalue weighted by molar-refractivity contribution is 7.98. The second-order valence-corrected chi connectivity index (χ2v) is 10.1. The maximum atomic E-state index is 14.2. The van der Waals surface area contributed by atoms with Crippen molar-refractivity contribution in [2.75, 3.05) is 42.8 Å². The Bertz CT molecular complexity index is 1020. The predicted octanol–water partition coefficient (Wildman–Crippen LogP) is 2.31. The zero-order valence-corrected chi connectivity index (χ0v) is 19.9. The minimum Gasteiger partial charge on any atom is -0.394 e. The van der Waals surface area contributed by atoms with Crippen LogP contribution in [0, 0.1) is 5.82 Å². The van der Waals surface area contributed by atoms with E-state index >= 15 is 0 Å². The molecule has 32 heavy (non-hydrogen) atoms. The average molecular weight is 505 g/mol. The Morgan fingerprint density at radius 3 is 2.72 bits per heavy atom. The Kier molecular flexibility index (Phi) is 8.91. The number of nitrogens with one attached hydrogen (secondary N) is 3. The standard InChI is InChI=1S/C19H26ClFN6O3S2/c1-2-14(11-28)23-16-10-17(26-32(29,30)27-8-6-22-7-9-27)25-19(24-16)31-12-13-4-3-5-15(20)18(13)21/h3-5,10,14,22,28H,2,6-9,11-12H2,1H3,(H2,23,24,25,26)/t14-/m1/s1. The van der Waals surface area contributed by atoms with Crippen LogP contribution >= 0.6 is 23.4 Å². The molecule has 0 bridgehead atoms. The van der Waals surface area contributed by atoms with E-state index in [9.17, 15) is 17.9 Å². The molecule has 2 heterocycles. The molecule has 0 aliphatic carbocycles. The minimum absolute atomic E-state index is 0.0256. The molecule has 13 heteroatoms. The minimum atomic E-state index is -3.80. The molecule has 0 saturated carbocycles. The average Bonchev–Trinajstić information content (AvgIpc) is 2.78. The van der Waals surface area contributed by atoms with Crippen LogP contribution in [-0.2, 0) is 16.0 Å². The van der Waals surface area contributed by atoms with Crippen LogP contribution in [0.1, 0.15) is 18.9 Å². The number of hydrogen-bond donors (Lipinski definition) is 4. The lowest BCUT2D eigenvalue weighted by Crippen LogP contribution is -2.48. The van der Waals surface area contributed by atoms with Gasteiger partial charge in [0.1, 0.15) is 17.5 Å². The highest BCUT2D eigenvalue weighted by atomic mass is 35.5. The summed E-state index contributed by atoms with van der Waals surface area (Å²) in [4.78, 5) is 8.70. The van der Waals surface area contributed by atoms with E-state index in [1.165, 1.54) is 16.4 Å². The van der Waals surface area contributed by atoms with Crippen molar-refractivity contribution in [1.82, 2.24) is 19.6 Å². The van der Waals surface area contributed by atoms with Crippen molar-refractivity contribution >= 4 is 45.2 Å². The first-order chi connectivity index (χ1) is 15.3. The van der Waals surface area contributed by atoms with Gasteiger partial charge in [0.15, 0.2) is 5.16 Å². The third kappa shape index (κ3) is 6.65. The Balaban J connectivity index is 1.84. The van der Waals surface area contributed by atoms with Crippen LogP contribution in [-0.4, -0.2) is 66.6 Å². The number of thioether (sulfide) groups is 1. The molecule has 1 atom stereocenters. The molecule has 0 amide bonds. The number of halogens is 2. The van der Waals surface area contributed by atoms with Gasteiger partial charge in [-0.15, -0.1) is 0 Å². The molecule has 1 aromatic heterocycles. The molecule has 0 unspecified atom stereocenters. The zero-order chi connectivity index (χ0) is 23.1. The zero-order valence-electron chi connectivity index (χ0n) is 17.5. The molecule has 1 aliphatic rings. The lowest BCUT2D eigenvalue weighted by Gasteiger charge is -2.26. The molecular formula is C19H26ClFN6O3S2. The molecular weight excluding hydrogens is 479 g/mol. The fourth-order valence-corrected chi connectivity index (χ4v) is 5.17. The summed E-state index contributed by atoms with van der Waals surface area (Å²) in [6.07, 6.45) is 0.637. The van der Waals surface area contributed by atoms with Gasteiger partial charge in [0, 0.05) is 38.0 Å². The van der Waals surface area contributed by atoms with E-state index in [1.54, 1.807) is 12.1 Å². The van der Waals surface area contributed by atoms with Crippen LogP contribution in [0.25, 0.3) is 0 Å². The molecule has 1 aromatic carbocycles. The summed E-state index contributed by atoms with van der Waals surface area (Å²) in [5.74, 6) is 0.134. The van der Waals surface area contributed by atoms with Crippen molar-refractivity contribution in [3.8, 4) is 0 Å². The van der Waals surface area contributed by atoms with Crippen molar-refractivity contribution < 1.29 is 17.9 Å². The van der Waals surface area contributed by atoms with Crippen molar-refractivity contribution in [2.45, 2.75) is 30.3 Å². The van der Waals surface area contributed by atoms with Crippen LogP contribution in [0.4, 0.5) is 16.0 Å². The van der Waals surface area contributed by atoms with E-state index < -0.39 is 16.0 Å². The van der Waals surface area contributed by atoms with Crippen molar-refractivity contribution in [2.24, 2.45) is 0 Å². The van der Waals surface area contributed by atoms with Gasteiger partial charge in [-0.25, -0.2) is 14.4 Å². The lowest BCUT2D eigenvalue weighted by molar-refractivity contribution is 0.271. The number of nitrogens with zero attached hydrogens (tertiary/aromatic N) is 3. The van der Waals surface area contributed by atoms with E-state index in [4.69, 9.17) is 11.6 Å². The topological polar surface area (TPSA) is 119 Å². The van der Waals surface area contributed by atoms with Gasteiger partial charge in [-0.1, -0.05) is 42.4 Å². The van der Waals surface area contributed by atoms with E-state index in [0.717, 1.165) is 11.8 Å². The van der Waals surface area contributed by atoms with E-state index in [2.05, 4.69) is 25.3 Å². The largest absolute Gasteiger partial charge is 0.394 e. The molecule has 4 N–H and O–H groups in total. The molecule has 1 aliphatic heterocycles. The van der Waals surface area contributed by atoms with E-state index in [-0.39, 0.29) is 34.4 Å². The molecule has 2 aromatic rings. The SMILES string of the molecule is CC[C@H](CO)Nc1cc(NS(=O)(=O)N2CCNCC2)nc(SCc2cccc(Cl)c2F)n1. The number of hydrogen-bond acceptors (Lipinski definition) is 8. The van der Waals surface area contributed by atoms with Gasteiger partial charge < -0.3 is 15.7 Å². The Morgan fingerprint density at radius 1 is 1.31 bits per heavy atom. The van der Waals surface area contributed by atoms with Crippen LogP contribution in [0.2, 0.25) is 5.02 Å². The molecule has 1 saturated heterocycles. The summed E-state index contributed by atoms with van der Waals surface area (Å²) in [7, 11) is -3.80. The van der Waals surface area contributed by atoms with Crippen LogP contribution < -0.4 is 15.4 Å². The first-order valence-electron chi connectivity index (χ1n) is 10.1. The number of rotatable bonds is 10. The molecule has 0 spiro atoms. The highest BCUT2D eigenvalue weighted by Crippen LogP contribution is 2.27. The van der Waals surface area contributed by atoms with E-state index in [0.29, 0.717) is 44.0 Å². The van der Waals surface area contributed by atoms with Crippen molar-refractivity contribution in [1.29, 1.82) is 0 Å². The number of piperazine rings is 1. The molecule has 3 rings (SSSR count). The number of anilines is 2. The van der Waals surface area contributed by atoms with Crippen molar-refractivity contribution in [3.63, 3.8) is 0 Å². The summed E-state index contributed by atoms with van der Waals surface area (Å²) in [6, 6.07) is 5.95. The second-order valence-electron chi connectivity index (χ2n) is 7.11.